The second kappa shape index (κ2) is 18.7. The fourth-order valence-corrected chi connectivity index (χ4v) is 4.91. The topological polar surface area (TPSA) is 122 Å². The van der Waals surface area contributed by atoms with E-state index in [9.17, 15) is 24.6 Å². The molecule has 2 unspecified atom stereocenters. The Morgan fingerprint density at radius 2 is 1.57 bits per heavy atom. The van der Waals surface area contributed by atoms with Crippen molar-refractivity contribution in [1.29, 1.82) is 0 Å². The lowest BCUT2D eigenvalue weighted by Crippen LogP contribution is -2.53. The number of hydrogen-bond donors (Lipinski definition) is 4. The highest BCUT2D eigenvalue weighted by molar-refractivity contribution is 6.00. The molecule has 0 aliphatic heterocycles. The van der Waals surface area contributed by atoms with E-state index in [4.69, 9.17) is 6.42 Å². The van der Waals surface area contributed by atoms with Crippen LogP contribution in [0.25, 0.3) is 0 Å². The molecule has 3 amide bonds. The molecule has 2 atom stereocenters. The van der Waals surface area contributed by atoms with Gasteiger partial charge in [0.1, 0.15) is 5.75 Å². The van der Waals surface area contributed by atoms with Crippen LogP contribution < -0.4 is 10.7 Å². The van der Waals surface area contributed by atoms with Crippen molar-refractivity contribution in [2.75, 3.05) is 26.2 Å². The van der Waals surface area contributed by atoms with E-state index in [0.717, 1.165) is 31.2 Å². The first-order valence-electron chi connectivity index (χ1n) is 15.7. The van der Waals surface area contributed by atoms with Crippen molar-refractivity contribution in [3.8, 4) is 18.1 Å². The fourth-order valence-electron chi connectivity index (χ4n) is 4.91. The van der Waals surface area contributed by atoms with Gasteiger partial charge in [0, 0.05) is 49.3 Å². The molecule has 0 spiro atoms. The van der Waals surface area contributed by atoms with Crippen molar-refractivity contribution in [2.45, 2.75) is 85.3 Å². The third-order valence-corrected chi connectivity index (χ3v) is 7.12. The number of amides is 3. The number of nitrogens with zero attached hydrogens (tertiary/aromatic N) is 2. The Morgan fingerprint density at radius 1 is 0.932 bits per heavy atom. The summed E-state index contributed by atoms with van der Waals surface area (Å²) in [5, 5.41) is 25.9. The van der Waals surface area contributed by atoms with Crippen LogP contribution in [0.15, 0.2) is 42.5 Å². The third kappa shape index (κ3) is 12.0. The molecule has 9 nitrogen and oxygen atoms in total. The van der Waals surface area contributed by atoms with Gasteiger partial charge in [0.25, 0.3) is 11.8 Å². The van der Waals surface area contributed by atoms with Crippen LogP contribution in [-0.2, 0) is 11.2 Å². The molecule has 0 fully saturated rings. The number of terminal acetylenes is 1. The van der Waals surface area contributed by atoms with Crippen LogP contribution in [-0.4, -0.2) is 76.2 Å². The molecule has 4 N–H and O–H groups in total. The molecular weight excluding hydrogens is 556 g/mol. The van der Waals surface area contributed by atoms with Crippen LogP contribution in [0.5, 0.6) is 5.75 Å². The largest absolute Gasteiger partial charge is 0.508 e. The van der Waals surface area contributed by atoms with E-state index in [2.05, 4.69) is 16.7 Å². The summed E-state index contributed by atoms with van der Waals surface area (Å²) < 4.78 is 0. The quantitative estimate of drug-likeness (QED) is 0.146. The Morgan fingerprint density at radius 3 is 2.14 bits per heavy atom. The predicted octanol–water partition coefficient (Wildman–Crippen LogP) is 4.52. The fraction of sp³-hybridized carbons (Fsp3) is 0.514. The molecule has 240 valence electrons. The molecule has 0 saturated carbocycles. The highest BCUT2D eigenvalue weighted by Gasteiger charge is 2.26. The molecule has 0 aromatic heterocycles. The molecule has 44 heavy (non-hydrogen) atoms. The molecular formula is C35H50N4O5. The first kappa shape index (κ1) is 36.3. The lowest BCUT2D eigenvalue weighted by atomic mass is 9.99. The summed E-state index contributed by atoms with van der Waals surface area (Å²) >= 11 is 0. The lowest BCUT2D eigenvalue weighted by Gasteiger charge is -2.30. The Balaban J connectivity index is 2.38. The smallest absolute Gasteiger partial charge is 0.253 e. The maximum atomic E-state index is 13.7. The summed E-state index contributed by atoms with van der Waals surface area (Å²) in [6, 6.07) is 10.5. The van der Waals surface area contributed by atoms with Crippen molar-refractivity contribution >= 4 is 17.7 Å². The van der Waals surface area contributed by atoms with Gasteiger partial charge in [0.05, 0.1) is 12.1 Å². The number of aromatic hydroxyl groups is 1. The molecule has 0 bridgehead atoms. The van der Waals surface area contributed by atoms with Crippen LogP contribution in [0.1, 0.15) is 98.6 Å². The average Bonchev–Trinajstić information content (AvgIpc) is 2.99. The maximum absolute atomic E-state index is 13.7. The van der Waals surface area contributed by atoms with Crippen molar-refractivity contribution < 1.29 is 24.6 Å². The first-order valence-corrected chi connectivity index (χ1v) is 15.7. The second-order valence-electron chi connectivity index (χ2n) is 11.7. The molecule has 9 heteroatoms. The molecule has 2 aromatic carbocycles. The number of phenolic OH excluding ortho intramolecular Hbond substituents is 1. The van der Waals surface area contributed by atoms with Crippen LogP contribution >= 0.6 is 0 Å². The summed E-state index contributed by atoms with van der Waals surface area (Å²) in [5.41, 5.74) is 4.66. The molecule has 0 aliphatic rings. The number of rotatable bonds is 18. The number of aliphatic hydroxyl groups excluding tert-OH is 1. The van der Waals surface area contributed by atoms with Crippen molar-refractivity contribution in [3.05, 3.63) is 64.7 Å². The number of phenols is 1. The number of nitrogens with one attached hydrogen (secondary N) is 2. The van der Waals surface area contributed by atoms with Gasteiger partial charge in [-0.1, -0.05) is 59.1 Å². The van der Waals surface area contributed by atoms with E-state index in [1.54, 1.807) is 52.4 Å². The van der Waals surface area contributed by atoms with E-state index in [0.29, 0.717) is 37.2 Å². The Kier molecular flexibility index (Phi) is 15.5. The van der Waals surface area contributed by atoms with E-state index in [1.165, 1.54) is 0 Å². The molecule has 0 radical (unpaired) electrons. The lowest BCUT2D eigenvalue weighted by molar-refractivity contribution is -0.127. The molecule has 2 rings (SSSR count). The zero-order valence-electron chi connectivity index (χ0n) is 26.9. The number of aliphatic hydroxyl groups is 1. The van der Waals surface area contributed by atoms with Gasteiger partial charge in [0.15, 0.2) is 0 Å². The SMILES string of the molecule is C#Cc1cc(C(=O)NC(Cc2ccc(O)cc2)C(O)CN(CCCC)NC(=O)CC(C)C)cc(C(=O)N(CCC)CCC)c1. The van der Waals surface area contributed by atoms with E-state index in [1.807, 2.05) is 34.6 Å². The third-order valence-electron chi connectivity index (χ3n) is 7.12. The number of unbranched alkanes of at least 4 members (excludes halogenated alkanes) is 1. The van der Waals surface area contributed by atoms with Crippen LogP contribution in [0.4, 0.5) is 0 Å². The second-order valence-corrected chi connectivity index (χ2v) is 11.7. The van der Waals surface area contributed by atoms with Crippen molar-refractivity contribution in [2.24, 2.45) is 5.92 Å². The van der Waals surface area contributed by atoms with E-state index < -0.39 is 18.1 Å². The van der Waals surface area contributed by atoms with Gasteiger partial charge in [-0.05, 0) is 67.5 Å². The van der Waals surface area contributed by atoms with Gasteiger partial charge in [0.2, 0.25) is 5.91 Å². The zero-order chi connectivity index (χ0) is 32.6. The van der Waals surface area contributed by atoms with Crippen molar-refractivity contribution in [3.63, 3.8) is 0 Å². The first-order chi connectivity index (χ1) is 21.0. The van der Waals surface area contributed by atoms with Gasteiger partial charge < -0.3 is 20.4 Å². The highest BCUT2D eigenvalue weighted by atomic mass is 16.3. The summed E-state index contributed by atoms with van der Waals surface area (Å²) in [6.07, 6.45) is 8.57. The Bertz CT molecular complexity index is 1250. The zero-order valence-corrected chi connectivity index (χ0v) is 26.9. The molecule has 0 heterocycles. The molecule has 0 aliphatic carbocycles. The minimum atomic E-state index is -1.06. The number of hydrazine groups is 1. The van der Waals surface area contributed by atoms with Crippen LogP contribution in [0.2, 0.25) is 0 Å². The minimum absolute atomic E-state index is 0.0873. The van der Waals surface area contributed by atoms with Gasteiger partial charge >= 0.3 is 0 Å². The van der Waals surface area contributed by atoms with Crippen LogP contribution in [0.3, 0.4) is 0 Å². The van der Waals surface area contributed by atoms with Crippen molar-refractivity contribution in [1.82, 2.24) is 20.7 Å². The Labute approximate surface area is 263 Å². The average molecular weight is 607 g/mol. The summed E-state index contributed by atoms with van der Waals surface area (Å²) in [7, 11) is 0. The highest BCUT2D eigenvalue weighted by Crippen LogP contribution is 2.17. The number of hydrogen-bond acceptors (Lipinski definition) is 6. The summed E-state index contributed by atoms with van der Waals surface area (Å²) in [4.78, 5) is 41.4. The van der Waals surface area contributed by atoms with Crippen LogP contribution in [0, 0.1) is 18.3 Å². The normalized spacial score (nSPS) is 12.4. The monoisotopic (exact) mass is 606 g/mol. The number of carbonyl (C=O) groups is 3. The van der Waals surface area contributed by atoms with E-state index in [-0.39, 0.29) is 42.0 Å². The number of benzene rings is 2. The minimum Gasteiger partial charge on any atom is -0.508 e. The van der Waals surface area contributed by atoms with Gasteiger partial charge in [-0.15, -0.1) is 6.42 Å². The maximum Gasteiger partial charge on any atom is 0.253 e. The standard InChI is InChI=1S/C35H50N4O5/c1-7-11-18-39(37-33(42)19-25(5)6)24-32(41)31(22-27-12-14-30(40)15-13-27)36-34(43)28-20-26(10-4)21-29(23-28)35(44)38(16-8-2)17-9-3/h4,12-15,20-21,23,25,31-32,40-41H,7-9,11,16-19,22,24H2,1-3,5-6H3,(H,36,43)(H,37,42). The summed E-state index contributed by atoms with van der Waals surface area (Å²) in [5.74, 6) is 2.03. The number of carbonyl (C=O) groups excluding carboxylic acids is 3. The molecule has 2 aromatic rings. The van der Waals surface area contributed by atoms with Gasteiger partial charge in [-0.3, -0.25) is 19.8 Å². The predicted molar refractivity (Wildman–Crippen MR) is 174 cm³/mol. The summed E-state index contributed by atoms with van der Waals surface area (Å²) in [6.45, 7) is 11.8. The Hall–Kier alpha value is -3.87. The van der Waals surface area contributed by atoms with Gasteiger partial charge in [-0.25, -0.2) is 5.01 Å². The van der Waals surface area contributed by atoms with Gasteiger partial charge in [-0.2, -0.15) is 0 Å². The molecule has 0 saturated heterocycles. The van der Waals surface area contributed by atoms with E-state index >= 15 is 0 Å².